The van der Waals surface area contributed by atoms with E-state index in [0.717, 1.165) is 12.2 Å². The van der Waals surface area contributed by atoms with Gasteiger partial charge in [-0.3, -0.25) is 9.59 Å². The Morgan fingerprint density at radius 1 is 1.04 bits per heavy atom. The number of carbonyl (C=O) groups excluding carboxylic acids is 2. The van der Waals surface area contributed by atoms with E-state index in [0.29, 0.717) is 16.8 Å². The van der Waals surface area contributed by atoms with Crippen LogP contribution in [-0.4, -0.2) is 11.8 Å². The number of carbonyl (C=O) groups is 2. The Bertz CT molecular complexity index is 983. The number of hydrogen-bond donors (Lipinski definition) is 2. The summed E-state index contributed by atoms with van der Waals surface area (Å²) < 4.78 is 19.0. The van der Waals surface area contributed by atoms with Crippen LogP contribution in [0.25, 0.3) is 0 Å². The summed E-state index contributed by atoms with van der Waals surface area (Å²) in [6.07, 6.45) is 2.38. The second kappa shape index (κ2) is 7.68. The van der Waals surface area contributed by atoms with E-state index in [4.69, 9.17) is 4.42 Å². The maximum absolute atomic E-state index is 13.6. The minimum Gasteiger partial charge on any atom is -0.469 e. The number of hydrogen-bond acceptors (Lipinski definition) is 3. The van der Waals surface area contributed by atoms with Crippen molar-refractivity contribution in [1.29, 1.82) is 0 Å². The molecule has 6 heteroatoms. The quantitative estimate of drug-likeness (QED) is 0.679. The Balaban J connectivity index is 1.30. The van der Waals surface area contributed by atoms with Gasteiger partial charge in [0.2, 0.25) is 5.91 Å². The van der Waals surface area contributed by atoms with Crippen molar-refractivity contribution in [3.8, 4) is 0 Å². The highest BCUT2D eigenvalue weighted by Crippen LogP contribution is 2.48. The summed E-state index contributed by atoms with van der Waals surface area (Å²) in [5.41, 5.74) is 1.49. The van der Waals surface area contributed by atoms with Gasteiger partial charge >= 0.3 is 0 Å². The molecule has 28 heavy (non-hydrogen) atoms. The molecule has 0 saturated heterocycles. The molecule has 142 valence electrons. The molecule has 5 nitrogen and oxygen atoms in total. The van der Waals surface area contributed by atoms with Crippen LogP contribution in [0.2, 0.25) is 0 Å². The van der Waals surface area contributed by atoms with Gasteiger partial charge in [0.1, 0.15) is 11.6 Å². The van der Waals surface area contributed by atoms with Crippen molar-refractivity contribution < 1.29 is 18.4 Å². The van der Waals surface area contributed by atoms with Crippen molar-refractivity contribution in [3.63, 3.8) is 0 Å². The van der Waals surface area contributed by atoms with E-state index in [1.165, 1.54) is 6.07 Å². The van der Waals surface area contributed by atoms with Crippen LogP contribution >= 0.6 is 0 Å². The van der Waals surface area contributed by atoms with Gasteiger partial charge in [-0.15, -0.1) is 0 Å². The first-order valence-electron chi connectivity index (χ1n) is 9.08. The maximum atomic E-state index is 13.6. The summed E-state index contributed by atoms with van der Waals surface area (Å²) in [5.74, 6) is 0.170. The molecule has 0 bridgehead atoms. The fraction of sp³-hybridized carbons (Fsp3) is 0.182. The first-order chi connectivity index (χ1) is 13.6. The number of nitrogens with one attached hydrogen (secondary N) is 2. The molecule has 1 aliphatic carbocycles. The van der Waals surface area contributed by atoms with Gasteiger partial charge in [0.05, 0.1) is 6.26 Å². The Morgan fingerprint density at radius 2 is 1.82 bits per heavy atom. The molecule has 0 radical (unpaired) electrons. The van der Waals surface area contributed by atoms with Crippen LogP contribution in [-0.2, 0) is 11.3 Å². The first kappa shape index (κ1) is 18.0. The molecule has 2 N–H and O–H groups in total. The second-order valence-corrected chi connectivity index (χ2v) is 6.80. The summed E-state index contributed by atoms with van der Waals surface area (Å²) in [6, 6.07) is 16.6. The predicted molar refractivity (Wildman–Crippen MR) is 102 cm³/mol. The van der Waals surface area contributed by atoms with Gasteiger partial charge in [-0.1, -0.05) is 18.2 Å². The number of amides is 2. The lowest BCUT2D eigenvalue weighted by Crippen LogP contribution is -2.23. The first-order valence-corrected chi connectivity index (χ1v) is 9.08. The molecule has 1 aromatic heterocycles. The van der Waals surface area contributed by atoms with Gasteiger partial charge in [0, 0.05) is 35.2 Å². The molecule has 2 aromatic carbocycles. The molecule has 1 fully saturated rings. The van der Waals surface area contributed by atoms with Crippen LogP contribution < -0.4 is 10.6 Å². The Hall–Kier alpha value is -3.41. The summed E-state index contributed by atoms with van der Waals surface area (Å²) in [5, 5.41) is 5.55. The average Bonchev–Trinajstić information content (AvgIpc) is 3.33. The highest BCUT2D eigenvalue weighted by Gasteiger charge is 2.45. The van der Waals surface area contributed by atoms with Crippen molar-refractivity contribution in [1.82, 2.24) is 5.32 Å². The Labute approximate surface area is 161 Å². The molecule has 2 amide bonds. The minimum atomic E-state index is -0.353. The van der Waals surface area contributed by atoms with Crippen molar-refractivity contribution in [2.75, 3.05) is 5.32 Å². The van der Waals surface area contributed by atoms with Gasteiger partial charge in [-0.25, -0.2) is 4.39 Å². The van der Waals surface area contributed by atoms with E-state index in [-0.39, 0.29) is 36.0 Å². The Morgan fingerprint density at radius 3 is 2.54 bits per heavy atom. The van der Waals surface area contributed by atoms with Crippen LogP contribution in [0.5, 0.6) is 0 Å². The van der Waals surface area contributed by atoms with Crippen molar-refractivity contribution in [3.05, 3.63) is 89.6 Å². The predicted octanol–water partition coefficient (Wildman–Crippen LogP) is 4.09. The zero-order chi connectivity index (χ0) is 19.5. The summed E-state index contributed by atoms with van der Waals surface area (Å²) in [6.45, 7) is 0.111. The normalized spacial score (nSPS) is 17.8. The third-order valence-electron chi connectivity index (χ3n) is 4.85. The summed E-state index contributed by atoms with van der Waals surface area (Å²) in [7, 11) is 0. The van der Waals surface area contributed by atoms with Gasteiger partial charge < -0.3 is 15.1 Å². The highest BCUT2D eigenvalue weighted by molar-refractivity contribution is 5.97. The molecular weight excluding hydrogens is 359 g/mol. The lowest BCUT2D eigenvalue weighted by Gasteiger charge is -2.08. The lowest BCUT2D eigenvalue weighted by molar-refractivity contribution is -0.117. The average molecular weight is 378 g/mol. The van der Waals surface area contributed by atoms with E-state index in [9.17, 15) is 14.0 Å². The molecule has 3 aromatic rings. The number of rotatable bonds is 6. The van der Waals surface area contributed by atoms with Gasteiger partial charge in [-0.05, 0) is 48.9 Å². The van der Waals surface area contributed by atoms with Crippen LogP contribution in [0.1, 0.15) is 34.0 Å². The fourth-order valence-corrected chi connectivity index (χ4v) is 3.16. The molecule has 2 unspecified atom stereocenters. The second-order valence-electron chi connectivity index (χ2n) is 6.80. The minimum absolute atomic E-state index is 0.0573. The van der Waals surface area contributed by atoms with E-state index >= 15 is 0 Å². The third-order valence-corrected chi connectivity index (χ3v) is 4.85. The van der Waals surface area contributed by atoms with Crippen LogP contribution in [0, 0.1) is 11.7 Å². The monoisotopic (exact) mass is 378 g/mol. The van der Waals surface area contributed by atoms with Crippen LogP contribution in [0.15, 0.2) is 71.3 Å². The maximum Gasteiger partial charge on any atom is 0.251 e. The summed E-state index contributed by atoms with van der Waals surface area (Å²) in [4.78, 5) is 24.5. The standard InChI is InChI=1S/C22H19FN2O3/c23-19-5-2-1-4-15(19)13-24-21(26)14-7-9-16(10-8-14)25-22(27)18-12-17(18)20-6-3-11-28-20/h1-11,17-18H,12-13H2,(H,24,26)(H,25,27). The van der Waals surface area contributed by atoms with E-state index < -0.39 is 0 Å². The molecular formula is C22H19FN2O3. The van der Waals surface area contributed by atoms with Crippen molar-refractivity contribution >= 4 is 17.5 Å². The van der Waals surface area contributed by atoms with Gasteiger partial charge in [0.25, 0.3) is 5.91 Å². The fourth-order valence-electron chi connectivity index (χ4n) is 3.16. The molecule has 2 atom stereocenters. The molecule has 1 saturated carbocycles. The number of furan rings is 1. The number of anilines is 1. The van der Waals surface area contributed by atoms with Gasteiger partial charge in [-0.2, -0.15) is 0 Å². The van der Waals surface area contributed by atoms with E-state index in [1.807, 2.05) is 12.1 Å². The summed E-state index contributed by atoms with van der Waals surface area (Å²) >= 11 is 0. The molecule has 4 rings (SSSR count). The third kappa shape index (κ3) is 3.96. The SMILES string of the molecule is O=C(NCc1ccccc1F)c1ccc(NC(=O)C2CC2c2ccco2)cc1. The number of benzene rings is 2. The lowest BCUT2D eigenvalue weighted by atomic mass is 10.1. The zero-order valence-electron chi connectivity index (χ0n) is 15.0. The van der Waals surface area contributed by atoms with E-state index in [1.54, 1.807) is 48.7 Å². The zero-order valence-corrected chi connectivity index (χ0v) is 15.0. The molecule has 0 aliphatic heterocycles. The van der Waals surface area contributed by atoms with Crippen molar-refractivity contribution in [2.24, 2.45) is 5.92 Å². The largest absolute Gasteiger partial charge is 0.469 e. The van der Waals surface area contributed by atoms with E-state index in [2.05, 4.69) is 10.6 Å². The van der Waals surface area contributed by atoms with Crippen LogP contribution in [0.4, 0.5) is 10.1 Å². The molecule has 1 aliphatic rings. The topological polar surface area (TPSA) is 71.3 Å². The van der Waals surface area contributed by atoms with Crippen LogP contribution in [0.3, 0.4) is 0 Å². The highest BCUT2D eigenvalue weighted by atomic mass is 19.1. The van der Waals surface area contributed by atoms with Crippen molar-refractivity contribution in [2.45, 2.75) is 18.9 Å². The molecule has 0 spiro atoms. The van der Waals surface area contributed by atoms with Gasteiger partial charge in [0.15, 0.2) is 0 Å². The smallest absolute Gasteiger partial charge is 0.251 e. The Kier molecular flexibility index (Phi) is 4.93. The number of halogens is 1. The molecule has 1 heterocycles.